The molecule has 0 spiro atoms. The van der Waals surface area contributed by atoms with Crippen LogP contribution < -0.4 is 0 Å². The summed E-state index contributed by atoms with van der Waals surface area (Å²) in [6, 6.07) is 0. The highest BCUT2D eigenvalue weighted by Crippen LogP contribution is 2.36. The number of ether oxygens (including phenoxy) is 2. The summed E-state index contributed by atoms with van der Waals surface area (Å²) >= 11 is 0. The van der Waals surface area contributed by atoms with Crippen molar-refractivity contribution in [1.82, 2.24) is 0 Å². The third kappa shape index (κ3) is 12.0. The number of aliphatic hydroxyl groups excluding tert-OH is 4. The molecular weight excluding hydrogens is 448 g/mol. The van der Waals surface area contributed by atoms with E-state index in [4.69, 9.17) is 9.47 Å². The Labute approximate surface area is 212 Å². The minimum absolute atomic E-state index is 0.179. The maximum Gasteiger partial charge on any atom is 0.308 e. The topological polar surface area (TPSA) is 116 Å². The van der Waals surface area contributed by atoms with Crippen molar-refractivity contribution in [3.05, 3.63) is 24.3 Å². The van der Waals surface area contributed by atoms with Crippen molar-refractivity contribution in [3.63, 3.8) is 0 Å². The highest BCUT2D eigenvalue weighted by molar-refractivity contribution is 5.69. The molecule has 0 aromatic rings. The summed E-state index contributed by atoms with van der Waals surface area (Å²) in [6.07, 6.45) is 16.9. The van der Waals surface area contributed by atoms with Crippen molar-refractivity contribution in [2.75, 3.05) is 6.61 Å². The number of carbonyl (C=O) groups excluding carboxylic acids is 1. The van der Waals surface area contributed by atoms with Crippen LogP contribution in [0.25, 0.3) is 0 Å². The Morgan fingerprint density at radius 2 is 1.43 bits per heavy atom. The van der Waals surface area contributed by atoms with Crippen molar-refractivity contribution in [2.45, 2.75) is 140 Å². The third-order valence-corrected chi connectivity index (χ3v) is 6.53. The maximum absolute atomic E-state index is 12.5. The Bertz CT molecular complexity index is 604. The average Bonchev–Trinajstić information content (AvgIpc) is 2.85. The first-order valence-electron chi connectivity index (χ1n) is 13.8. The van der Waals surface area contributed by atoms with Gasteiger partial charge in [0.1, 0.15) is 24.4 Å². The Hall–Kier alpha value is -1.25. The lowest BCUT2D eigenvalue weighted by atomic mass is 9.89. The Kier molecular flexibility index (Phi) is 17.2. The van der Waals surface area contributed by atoms with Crippen LogP contribution >= 0.6 is 0 Å². The molecule has 0 aliphatic carbocycles. The number of rotatable bonds is 19. The zero-order chi connectivity index (χ0) is 25.9. The zero-order valence-electron chi connectivity index (χ0n) is 21.9. The molecule has 35 heavy (non-hydrogen) atoms. The molecule has 0 saturated carbocycles. The van der Waals surface area contributed by atoms with Crippen molar-refractivity contribution in [1.29, 1.82) is 0 Å². The van der Waals surface area contributed by atoms with Crippen molar-refractivity contribution in [3.8, 4) is 0 Å². The van der Waals surface area contributed by atoms with Gasteiger partial charge < -0.3 is 29.9 Å². The van der Waals surface area contributed by atoms with E-state index in [1.54, 1.807) is 0 Å². The van der Waals surface area contributed by atoms with Gasteiger partial charge in [-0.25, -0.2) is 0 Å². The molecule has 1 aliphatic heterocycles. The number of hydrogen-bond acceptors (Lipinski definition) is 7. The molecule has 204 valence electrons. The van der Waals surface area contributed by atoms with Gasteiger partial charge in [-0.1, -0.05) is 76.7 Å². The average molecular weight is 499 g/mol. The minimum atomic E-state index is -1.75. The van der Waals surface area contributed by atoms with Gasteiger partial charge >= 0.3 is 5.97 Å². The van der Waals surface area contributed by atoms with E-state index in [-0.39, 0.29) is 12.8 Å². The first kappa shape index (κ1) is 31.8. The first-order chi connectivity index (χ1) is 16.9. The molecule has 1 saturated heterocycles. The number of allylic oxidation sites excluding steroid dienone is 4. The molecule has 1 aliphatic rings. The van der Waals surface area contributed by atoms with Gasteiger partial charge in [-0.15, -0.1) is 0 Å². The fourth-order valence-corrected chi connectivity index (χ4v) is 4.30. The summed E-state index contributed by atoms with van der Waals surface area (Å²) in [5.74, 6) is -2.26. The molecule has 1 heterocycles. The lowest BCUT2D eigenvalue weighted by Crippen LogP contribution is -2.66. The molecule has 0 amide bonds. The summed E-state index contributed by atoms with van der Waals surface area (Å²) in [7, 11) is 0. The fourth-order valence-electron chi connectivity index (χ4n) is 4.30. The second kappa shape index (κ2) is 18.9. The van der Waals surface area contributed by atoms with Crippen LogP contribution in [0.3, 0.4) is 0 Å². The number of unbranched alkanes of at least 4 members (excludes halogenated alkanes) is 9. The van der Waals surface area contributed by atoms with E-state index in [0.717, 1.165) is 44.9 Å². The molecule has 0 aromatic heterocycles. The molecule has 1 fully saturated rings. The Morgan fingerprint density at radius 1 is 0.829 bits per heavy atom. The quantitative estimate of drug-likeness (QED) is 0.116. The van der Waals surface area contributed by atoms with Gasteiger partial charge in [-0.3, -0.25) is 4.79 Å². The third-order valence-electron chi connectivity index (χ3n) is 6.53. The summed E-state index contributed by atoms with van der Waals surface area (Å²) in [6.45, 7) is 3.61. The molecular formula is C28H50O7. The van der Waals surface area contributed by atoms with Crippen LogP contribution in [0.15, 0.2) is 24.3 Å². The number of carbonyl (C=O) groups is 1. The molecule has 7 nitrogen and oxygen atoms in total. The smallest absolute Gasteiger partial charge is 0.308 e. The molecule has 5 atom stereocenters. The summed E-state index contributed by atoms with van der Waals surface area (Å²) in [5, 5.41) is 40.3. The van der Waals surface area contributed by atoms with Crippen molar-refractivity contribution < 1.29 is 34.7 Å². The lowest BCUT2D eigenvalue weighted by Gasteiger charge is -2.47. The number of aliphatic hydroxyl groups is 4. The maximum atomic E-state index is 12.5. The van der Waals surface area contributed by atoms with Crippen LogP contribution in [0.1, 0.15) is 110 Å². The van der Waals surface area contributed by atoms with Gasteiger partial charge in [0.05, 0.1) is 6.61 Å². The van der Waals surface area contributed by atoms with E-state index >= 15 is 0 Å². The van der Waals surface area contributed by atoms with Gasteiger partial charge in [0, 0.05) is 12.8 Å². The monoisotopic (exact) mass is 498 g/mol. The zero-order valence-corrected chi connectivity index (χ0v) is 21.9. The molecule has 1 rings (SSSR count). The van der Waals surface area contributed by atoms with Gasteiger partial charge in [-0.05, 0) is 44.9 Å². The minimum Gasteiger partial charge on any atom is -0.430 e. The van der Waals surface area contributed by atoms with Crippen molar-refractivity contribution in [2.24, 2.45) is 0 Å². The second-order valence-electron chi connectivity index (χ2n) is 9.64. The summed E-state index contributed by atoms with van der Waals surface area (Å²) in [4.78, 5) is 12.5. The summed E-state index contributed by atoms with van der Waals surface area (Å²) in [5.41, 5.74) is 0. The van der Waals surface area contributed by atoms with Crippen LogP contribution in [0.4, 0.5) is 0 Å². The van der Waals surface area contributed by atoms with Crippen LogP contribution in [0, 0.1) is 0 Å². The SMILES string of the molecule is CCCCCC=CCC=CCCCCCCCC(=O)OC1(CCCC)O[C@H](CO)[C@@H](O)[C@H](O)[C@H]1O. The number of hydrogen-bond donors (Lipinski definition) is 4. The van der Waals surface area contributed by atoms with E-state index in [1.807, 2.05) is 6.92 Å². The van der Waals surface area contributed by atoms with Gasteiger partial charge in [0.15, 0.2) is 0 Å². The van der Waals surface area contributed by atoms with Crippen LogP contribution in [0.2, 0.25) is 0 Å². The predicted molar refractivity (Wildman–Crippen MR) is 138 cm³/mol. The van der Waals surface area contributed by atoms with E-state index < -0.39 is 42.8 Å². The molecule has 0 aromatic carbocycles. The highest BCUT2D eigenvalue weighted by atomic mass is 16.7. The van der Waals surface area contributed by atoms with E-state index in [2.05, 4.69) is 31.2 Å². The molecule has 0 radical (unpaired) electrons. The van der Waals surface area contributed by atoms with E-state index in [9.17, 15) is 25.2 Å². The Morgan fingerprint density at radius 3 is 2.06 bits per heavy atom. The van der Waals surface area contributed by atoms with Crippen LogP contribution in [0.5, 0.6) is 0 Å². The molecule has 4 N–H and O–H groups in total. The molecule has 7 heteroatoms. The standard InChI is InChI=1S/C28H50O7/c1-3-5-7-8-9-10-11-12-13-14-15-16-17-18-19-20-24(30)35-28(21-6-4-2)27(33)26(32)25(31)23(22-29)34-28/h9-10,12-13,23,25-27,29,31-33H,3-8,11,14-22H2,1-2H3/t23-,25-,26+,27-,28?/m1/s1. The van der Waals surface area contributed by atoms with Gasteiger partial charge in [0.25, 0.3) is 0 Å². The lowest BCUT2D eigenvalue weighted by molar-refractivity contribution is -0.354. The normalized spacial score (nSPS) is 27.1. The fraction of sp³-hybridized carbons (Fsp3) is 0.821. The van der Waals surface area contributed by atoms with Crippen molar-refractivity contribution >= 4 is 5.97 Å². The Balaban J connectivity index is 2.27. The first-order valence-corrected chi connectivity index (χ1v) is 13.8. The van der Waals surface area contributed by atoms with Gasteiger partial charge in [0.2, 0.25) is 5.79 Å². The van der Waals surface area contributed by atoms with E-state index in [0.29, 0.717) is 12.8 Å². The van der Waals surface area contributed by atoms with Crippen LogP contribution in [-0.4, -0.2) is 63.2 Å². The number of esters is 1. The summed E-state index contributed by atoms with van der Waals surface area (Å²) < 4.78 is 11.2. The van der Waals surface area contributed by atoms with Crippen LogP contribution in [-0.2, 0) is 14.3 Å². The van der Waals surface area contributed by atoms with E-state index in [1.165, 1.54) is 25.7 Å². The second-order valence-corrected chi connectivity index (χ2v) is 9.64. The molecule has 1 unspecified atom stereocenters. The van der Waals surface area contributed by atoms with Gasteiger partial charge in [-0.2, -0.15) is 0 Å². The largest absolute Gasteiger partial charge is 0.430 e. The highest BCUT2D eigenvalue weighted by Gasteiger charge is 2.55. The molecule has 0 bridgehead atoms. The predicted octanol–water partition coefficient (Wildman–Crippen LogP) is 4.70.